The SMILES string of the molecule is CC.Cc1c(COc2cc(OCc3cncc(C#N)c3)c(C=O)c3c2CCC3)cccc1-c1ccccc1. The van der Waals surface area contributed by atoms with Crippen LogP contribution in [-0.4, -0.2) is 11.3 Å². The molecule has 1 heterocycles. The Balaban J connectivity index is 0.00000164. The molecule has 0 amide bonds. The maximum Gasteiger partial charge on any atom is 0.154 e. The van der Waals surface area contributed by atoms with E-state index in [1.54, 1.807) is 12.3 Å². The molecular weight excluding hydrogens is 472 g/mol. The van der Waals surface area contributed by atoms with Gasteiger partial charge in [-0.25, -0.2) is 0 Å². The Bertz CT molecular complexity index is 1460. The average Bonchev–Trinajstić information content (AvgIpc) is 3.47. The zero-order valence-corrected chi connectivity index (χ0v) is 22.2. The molecule has 38 heavy (non-hydrogen) atoms. The predicted molar refractivity (Wildman–Crippen MR) is 149 cm³/mol. The molecule has 0 fully saturated rings. The first-order valence-electron chi connectivity index (χ1n) is 13.1. The molecule has 0 N–H and O–H groups in total. The zero-order chi connectivity index (χ0) is 26.9. The van der Waals surface area contributed by atoms with E-state index in [1.807, 2.05) is 38.1 Å². The second kappa shape index (κ2) is 12.7. The van der Waals surface area contributed by atoms with Crippen LogP contribution in [0.4, 0.5) is 0 Å². The van der Waals surface area contributed by atoms with Gasteiger partial charge < -0.3 is 9.47 Å². The van der Waals surface area contributed by atoms with Gasteiger partial charge in [-0.15, -0.1) is 0 Å². The van der Waals surface area contributed by atoms with Gasteiger partial charge in [-0.3, -0.25) is 9.78 Å². The van der Waals surface area contributed by atoms with Gasteiger partial charge in [0.1, 0.15) is 30.8 Å². The van der Waals surface area contributed by atoms with Crippen LogP contribution in [-0.2, 0) is 26.1 Å². The quantitative estimate of drug-likeness (QED) is 0.234. The van der Waals surface area contributed by atoms with Gasteiger partial charge in [0, 0.05) is 24.0 Å². The normalized spacial score (nSPS) is 11.5. The van der Waals surface area contributed by atoms with E-state index in [2.05, 4.69) is 48.3 Å². The van der Waals surface area contributed by atoms with Crippen molar-refractivity contribution in [1.29, 1.82) is 5.26 Å². The number of fused-ring (bicyclic) bond motifs is 1. The van der Waals surface area contributed by atoms with E-state index in [4.69, 9.17) is 14.7 Å². The van der Waals surface area contributed by atoms with Crippen molar-refractivity contribution in [3.63, 3.8) is 0 Å². The van der Waals surface area contributed by atoms with Crippen LogP contribution in [0.3, 0.4) is 0 Å². The molecule has 0 saturated carbocycles. The summed E-state index contributed by atoms with van der Waals surface area (Å²) in [6.07, 6.45) is 6.73. The van der Waals surface area contributed by atoms with Crippen LogP contribution >= 0.6 is 0 Å². The first kappa shape index (κ1) is 26.6. The first-order chi connectivity index (χ1) is 18.7. The van der Waals surface area contributed by atoms with Gasteiger partial charge >= 0.3 is 0 Å². The highest BCUT2D eigenvalue weighted by Gasteiger charge is 2.24. The fourth-order valence-corrected chi connectivity index (χ4v) is 4.84. The number of hydrogen-bond donors (Lipinski definition) is 0. The number of pyridine rings is 1. The minimum atomic E-state index is 0.208. The number of hydrogen-bond acceptors (Lipinski definition) is 5. The smallest absolute Gasteiger partial charge is 0.154 e. The van der Waals surface area contributed by atoms with Gasteiger partial charge in [0.25, 0.3) is 0 Å². The van der Waals surface area contributed by atoms with Crippen molar-refractivity contribution in [1.82, 2.24) is 4.98 Å². The van der Waals surface area contributed by atoms with Crippen LogP contribution < -0.4 is 9.47 Å². The summed E-state index contributed by atoms with van der Waals surface area (Å²) < 4.78 is 12.5. The Kier molecular flexibility index (Phi) is 8.89. The maximum absolute atomic E-state index is 12.0. The van der Waals surface area contributed by atoms with Crippen molar-refractivity contribution in [3.05, 3.63) is 112 Å². The third kappa shape index (κ3) is 5.76. The molecule has 0 spiro atoms. The molecule has 0 aliphatic heterocycles. The molecule has 0 atom stereocenters. The highest BCUT2D eigenvalue weighted by molar-refractivity contribution is 5.84. The largest absolute Gasteiger partial charge is 0.488 e. The molecule has 0 bridgehead atoms. The molecule has 4 aromatic rings. The van der Waals surface area contributed by atoms with Gasteiger partial charge in [0.05, 0.1) is 11.1 Å². The fraction of sp³-hybridized carbons (Fsp3) is 0.242. The summed E-state index contributed by atoms with van der Waals surface area (Å²) in [5.41, 5.74) is 8.59. The second-order valence-electron chi connectivity index (χ2n) is 8.94. The number of rotatable bonds is 8. The van der Waals surface area contributed by atoms with Crippen LogP contribution in [0, 0.1) is 18.3 Å². The summed E-state index contributed by atoms with van der Waals surface area (Å²) in [6, 6.07) is 22.3. The van der Waals surface area contributed by atoms with Gasteiger partial charge in [0.2, 0.25) is 0 Å². The molecule has 5 heteroatoms. The van der Waals surface area contributed by atoms with Crippen molar-refractivity contribution < 1.29 is 14.3 Å². The molecule has 3 aromatic carbocycles. The third-order valence-corrected chi connectivity index (χ3v) is 6.72. The number of aldehydes is 1. The monoisotopic (exact) mass is 504 g/mol. The van der Waals surface area contributed by atoms with Gasteiger partial charge in [-0.05, 0) is 65.6 Å². The van der Waals surface area contributed by atoms with E-state index >= 15 is 0 Å². The van der Waals surface area contributed by atoms with Crippen molar-refractivity contribution in [2.24, 2.45) is 0 Å². The molecule has 192 valence electrons. The summed E-state index contributed by atoms with van der Waals surface area (Å²) in [4.78, 5) is 16.1. The molecular formula is C33H32N2O3. The van der Waals surface area contributed by atoms with Crippen LogP contribution in [0.15, 0.2) is 73.1 Å². The molecule has 1 aromatic heterocycles. The summed E-state index contributed by atoms with van der Waals surface area (Å²) in [5.74, 6) is 1.26. The minimum absolute atomic E-state index is 0.208. The fourth-order valence-electron chi connectivity index (χ4n) is 4.84. The van der Waals surface area contributed by atoms with Gasteiger partial charge in [-0.2, -0.15) is 5.26 Å². The number of aromatic nitrogens is 1. The van der Waals surface area contributed by atoms with Crippen LogP contribution in [0.25, 0.3) is 11.1 Å². The number of benzene rings is 3. The molecule has 5 nitrogen and oxygen atoms in total. The van der Waals surface area contributed by atoms with Crippen molar-refractivity contribution in [3.8, 4) is 28.7 Å². The highest BCUT2D eigenvalue weighted by atomic mass is 16.5. The predicted octanol–water partition coefficient (Wildman–Crippen LogP) is 7.41. The molecule has 0 unspecified atom stereocenters. The molecule has 1 aliphatic rings. The highest BCUT2D eigenvalue weighted by Crippen LogP contribution is 2.39. The lowest BCUT2D eigenvalue weighted by atomic mass is 9.97. The van der Waals surface area contributed by atoms with Crippen molar-refractivity contribution in [2.75, 3.05) is 0 Å². The van der Waals surface area contributed by atoms with E-state index < -0.39 is 0 Å². The van der Waals surface area contributed by atoms with Crippen molar-refractivity contribution in [2.45, 2.75) is 53.2 Å². The average molecular weight is 505 g/mol. The lowest BCUT2D eigenvalue weighted by molar-refractivity contribution is 0.111. The van der Waals surface area contributed by atoms with E-state index in [0.717, 1.165) is 53.6 Å². The summed E-state index contributed by atoms with van der Waals surface area (Å²) >= 11 is 0. The number of nitrogens with zero attached hydrogens (tertiary/aromatic N) is 2. The van der Waals surface area contributed by atoms with Gasteiger partial charge in [0.15, 0.2) is 6.29 Å². The number of ether oxygens (including phenoxy) is 2. The first-order valence-corrected chi connectivity index (χ1v) is 13.1. The topological polar surface area (TPSA) is 72.2 Å². The van der Waals surface area contributed by atoms with E-state index in [1.165, 1.54) is 22.9 Å². The molecule has 1 aliphatic carbocycles. The minimum Gasteiger partial charge on any atom is -0.488 e. The maximum atomic E-state index is 12.0. The summed E-state index contributed by atoms with van der Waals surface area (Å²) in [5, 5.41) is 9.13. The second-order valence-corrected chi connectivity index (χ2v) is 8.94. The summed E-state index contributed by atoms with van der Waals surface area (Å²) in [6.45, 7) is 6.76. The Morgan fingerprint density at radius 3 is 2.45 bits per heavy atom. The lowest BCUT2D eigenvalue weighted by Crippen LogP contribution is -2.06. The van der Waals surface area contributed by atoms with E-state index in [-0.39, 0.29) is 6.61 Å². The van der Waals surface area contributed by atoms with Crippen LogP contribution in [0.5, 0.6) is 11.5 Å². The Morgan fingerprint density at radius 1 is 0.921 bits per heavy atom. The number of carbonyl (C=O) groups excluding carboxylic acids is 1. The third-order valence-electron chi connectivity index (χ3n) is 6.72. The Morgan fingerprint density at radius 2 is 1.68 bits per heavy atom. The molecule has 5 rings (SSSR count). The number of nitriles is 1. The Hall–Kier alpha value is -4.43. The molecule has 0 saturated heterocycles. The summed E-state index contributed by atoms with van der Waals surface area (Å²) in [7, 11) is 0. The van der Waals surface area contributed by atoms with Crippen LogP contribution in [0.2, 0.25) is 0 Å². The van der Waals surface area contributed by atoms with Crippen molar-refractivity contribution >= 4 is 6.29 Å². The van der Waals surface area contributed by atoms with Gasteiger partial charge in [-0.1, -0.05) is 62.4 Å². The lowest BCUT2D eigenvalue weighted by Gasteiger charge is -2.18. The zero-order valence-electron chi connectivity index (χ0n) is 22.2. The van der Waals surface area contributed by atoms with Crippen LogP contribution in [0.1, 0.15) is 64.0 Å². The van der Waals surface area contributed by atoms with E-state index in [9.17, 15) is 4.79 Å². The van der Waals surface area contributed by atoms with E-state index in [0.29, 0.717) is 23.5 Å². The Labute approximate surface area is 224 Å². The standard InChI is InChI=1S/C31H26N2O3.C2H6/c1-21-25(9-5-10-26(21)24-7-3-2-4-8-24)20-36-30-14-31(29(18-34)27-11-6-12-28(27)30)35-19-23-13-22(15-32)16-33-17-23;1-2/h2-5,7-10,13-14,16-18H,6,11-12,19-20H2,1H3;1-2H3. The molecule has 0 radical (unpaired) electrons. The number of carbonyl (C=O) groups is 1.